The Kier molecular flexibility index (Phi) is 5.58. The van der Waals surface area contributed by atoms with Crippen molar-refractivity contribution < 1.29 is 18.0 Å². The minimum absolute atomic E-state index is 0.233. The second-order valence-electron chi connectivity index (χ2n) is 4.03. The highest BCUT2D eigenvalue weighted by atomic mass is 32.2. The first-order valence-electron chi connectivity index (χ1n) is 5.50. The molecule has 1 rings (SSSR count). The molecule has 0 radical (unpaired) electrons. The number of alkyl halides is 3. The third kappa shape index (κ3) is 5.63. The van der Waals surface area contributed by atoms with E-state index in [2.05, 4.69) is 5.32 Å². The molecule has 0 atom stereocenters. The van der Waals surface area contributed by atoms with Gasteiger partial charge in [-0.15, -0.1) is 0 Å². The summed E-state index contributed by atoms with van der Waals surface area (Å²) in [6.45, 7) is -0.0421. The minimum atomic E-state index is -4.26. The van der Waals surface area contributed by atoms with Crippen LogP contribution < -0.4 is 5.32 Å². The number of amides is 1. The molecule has 0 aromatic rings. The van der Waals surface area contributed by atoms with Crippen LogP contribution >= 0.6 is 11.8 Å². The predicted octanol–water partition coefficient (Wildman–Crippen LogP) is 1.49. The molecule has 1 aliphatic rings. The summed E-state index contributed by atoms with van der Waals surface area (Å²) in [5.41, 5.74) is 0. The van der Waals surface area contributed by atoms with Crippen LogP contribution in [0, 0.1) is 0 Å². The number of hydrogen-bond acceptors (Lipinski definition) is 3. The summed E-state index contributed by atoms with van der Waals surface area (Å²) in [6, 6.07) is 0. The van der Waals surface area contributed by atoms with Crippen molar-refractivity contribution in [1.82, 2.24) is 10.2 Å². The van der Waals surface area contributed by atoms with E-state index in [1.807, 2.05) is 6.26 Å². The molecule has 3 nitrogen and oxygen atoms in total. The van der Waals surface area contributed by atoms with Crippen molar-refractivity contribution in [3.8, 4) is 0 Å². The van der Waals surface area contributed by atoms with Crippen molar-refractivity contribution in [1.29, 1.82) is 0 Å². The average molecular weight is 270 g/mol. The molecule has 100 valence electrons. The van der Waals surface area contributed by atoms with E-state index >= 15 is 0 Å². The number of rotatable bonds is 4. The van der Waals surface area contributed by atoms with Crippen LogP contribution in [0.2, 0.25) is 0 Å². The summed E-state index contributed by atoms with van der Waals surface area (Å²) >= 11 is 1.78. The minimum Gasteiger partial charge on any atom is -0.342 e. The van der Waals surface area contributed by atoms with E-state index in [1.165, 1.54) is 0 Å². The number of thioether (sulfide) groups is 1. The average Bonchev–Trinajstić information content (AvgIpc) is 2.27. The normalized spacial score (nSPS) is 18.5. The maximum Gasteiger partial charge on any atom is 0.401 e. The van der Waals surface area contributed by atoms with Crippen LogP contribution in [0.15, 0.2) is 0 Å². The van der Waals surface area contributed by atoms with E-state index in [1.54, 1.807) is 16.7 Å². The van der Waals surface area contributed by atoms with Gasteiger partial charge in [0.25, 0.3) is 0 Å². The summed E-state index contributed by atoms with van der Waals surface area (Å²) in [6.07, 6.45) is -0.377. The first kappa shape index (κ1) is 14.6. The van der Waals surface area contributed by atoms with Crippen LogP contribution in [0.3, 0.4) is 0 Å². The van der Waals surface area contributed by atoms with Crippen molar-refractivity contribution in [2.75, 3.05) is 32.4 Å². The molecular formula is C10H17F3N2OS. The summed E-state index contributed by atoms with van der Waals surface area (Å²) in [7, 11) is 0. The van der Waals surface area contributed by atoms with Crippen molar-refractivity contribution in [2.45, 2.75) is 24.3 Å². The molecule has 1 saturated heterocycles. The molecule has 0 saturated carbocycles. The Morgan fingerprint density at radius 2 is 2.00 bits per heavy atom. The van der Waals surface area contributed by atoms with Crippen LogP contribution in [0.4, 0.5) is 13.2 Å². The van der Waals surface area contributed by atoms with Gasteiger partial charge in [-0.2, -0.15) is 24.9 Å². The Labute approximate surface area is 103 Å². The van der Waals surface area contributed by atoms with Crippen molar-refractivity contribution >= 4 is 17.7 Å². The molecule has 1 heterocycles. The largest absolute Gasteiger partial charge is 0.401 e. The Hall–Kier alpha value is -0.430. The fraction of sp³-hybridized carbons (Fsp3) is 0.900. The number of piperidine rings is 1. The SMILES string of the molecule is CSC1CCN(C(=O)CNCC(F)(F)F)CC1. The highest BCUT2D eigenvalue weighted by Crippen LogP contribution is 2.20. The number of carbonyl (C=O) groups is 1. The second-order valence-corrected chi connectivity index (χ2v) is 5.17. The van der Waals surface area contributed by atoms with E-state index in [9.17, 15) is 18.0 Å². The molecule has 1 aliphatic heterocycles. The molecule has 0 spiro atoms. The smallest absolute Gasteiger partial charge is 0.342 e. The number of nitrogens with one attached hydrogen (secondary N) is 1. The molecule has 0 aromatic carbocycles. The molecular weight excluding hydrogens is 253 g/mol. The molecule has 17 heavy (non-hydrogen) atoms. The Morgan fingerprint density at radius 1 is 1.41 bits per heavy atom. The van der Waals surface area contributed by atoms with Gasteiger partial charge in [0.2, 0.25) is 5.91 Å². The second kappa shape index (κ2) is 6.49. The predicted molar refractivity (Wildman–Crippen MR) is 62.0 cm³/mol. The first-order chi connectivity index (χ1) is 7.92. The zero-order valence-electron chi connectivity index (χ0n) is 9.72. The number of nitrogens with zero attached hydrogens (tertiary/aromatic N) is 1. The van der Waals surface area contributed by atoms with E-state index in [0.29, 0.717) is 18.3 Å². The molecule has 7 heteroatoms. The van der Waals surface area contributed by atoms with Crippen molar-refractivity contribution in [3.63, 3.8) is 0 Å². The Bertz CT molecular complexity index is 252. The number of halogens is 3. The molecule has 0 aromatic heterocycles. The maximum atomic E-state index is 11.9. The summed E-state index contributed by atoms with van der Waals surface area (Å²) < 4.78 is 35.6. The van der Waals surface area contributed by atoms with E-state index < -0.39 is 12.7 Å². The van der Waals surface area contributed by atoms with Crippen LogP contribution in [-0.4, -0.2) is 54.7 Å². The Morgan fingerprint density at radius 3 is 2.47 bits per heavy atom. The summed E-state index contributed by atoms with van der Waals surface area (Å²) in [5, 5.41) is 2.70. The zero-order chi connectivity index (χ0) is 12.9. The quantitative estimate of drug-likeness (QED) is 0.840. The van der Waals surface area contributed by atoms with Crippen molar-refractivity contribution in [2.24, 2.45) is 0 Å². The van der Waals surface area contributed by atoms with Gasteiger partial charge in [0.1, 0.15) is 0 Å². The maximum absolute atomic E-state index is 11.9. The third-order valence-electron chi connectivity index (χ3n) is 2.73. The highest BCUT2D eigenvalue weighted by Gasteiger charge is 2.27. The third-order valence-corrected chi connectivity index (χ3v) is 3.87. The molecule has 0 aliphatic carbocycles. The fourth-order valence-electron chi connectivity index (χ4n) is 1.76. The van der Waals surface area contributed by atoms with Gasteiger partial charge in [0.15, 0.2) is 0 Å². The number of carbonyl (C=O) groups excluding carboxylic acids is 1. The van der Waals surface area contributed by atoms with Crippen LogP contribution in [0.5, 0.6) is 0 Å². The van der Waals surface area contributed by atoms with E-state index in [0.717, 1.165) is 12.8 Å². The van der Waals surface area contributed by atoms with Gasteiger partial charge in [0, 0.05) is 18.3 Å². The molecule has 0 unspecified atom stereocenters. The number of hydrogen-bond donors (Lipinski definition) is 1. The number of likely N-dealkylation sites (tertiary alicyclic amines) is 1. The van der Waals surface area contributed by atoms with E-state index in [-0.39, 0.29) is 12.5 Å². The van der Waals surface area contributed by atoms with Gasteiger partial charge in [-0.3, -0.25) is 4.79 Å². The monoisotopic (exact) mass is 270 g/mol. The van der Waals surface area contributed by atoms with E-state index in [4.69, 9.17) is 0 Å². The van der Waals surface area contributed by atoms with Gasteiger partial charge in [-0.05, 0) is 19.1 Å². The molecule has 1 amide bonds. The fourth-order valence-corrected chi connectivity index (χ4v) is 2.45. The van der Waals surface area contributed by atoms with Gasteiger partial charge < -0.3 is 10.2 Å². The molecule has 1 N–H and O–H groups in total. The van der Waals surface area contributed by atoms with Gasteiger partial charge >= 0.3 is 6.18 Å². The molecule has 1 fully saturated rings. The zero-order valence-corrected chi connectivity index (χ0v) is 10.5. The standard InChI is InChI=1S/C10H17F3N2OS/c1-17-8-2-4-15(5-3-8)9(16)6-14-7-10(11,12)13/h8,14H,2-7H2,1H3. The van der Waals surface area contributed by atoms with Crippen molar-refractivity contribution in [3.05, 3.63) is 0 Å². The topological polar surface area (TPSA) is 32.3 Å². The van der Waals surface area contributed by atoms with Crippen LogP contribution in [0.25, 0.3) is 0 Å². The lowest BCUT2D eigenvalue weighted by molar-refractivity contribution is -0.134. The lowest BCUT2D eigenvalue weighted by Crippen LogP contribution is -2.44. The summed E-state index contributed by atoms with van der Waals surface area (Å²) in [5.74, 6) is -0.242. The molecule has 0 bridgehead atoms. The lowest BCUT2D eigenvalue weighted by atomic mass is 10.1. The van der Waals surface area contributed by atoms with Gasteiger partial charge in [-0.1, -0.05) is 0 Å². The van der Waals surface area contributed by atoms with Crippen LogP contribution in [-0.2, 0) is 4.79 Å². The van der Waals surface area contributed by atoms with Crippen LogP contribution in [0.1, 0.15) is 12.8 Å². The Balaban J connectivity index is 2.21. The van der Waals surface area contributed by atoms with Gasteiger partial charge in [0.05, 0.1) is 13.1 Å². The van der Waals surface area contributed by atoms with Gasteiger partial charge in [-0.25, -0.2) is 0 Å². The lowest BCUT2D eigenvalue weighted by Gasteiger charge is -2.31. The summed E-state index contributed by atoms with van der Waals surface area (Å²) in [4.78, 5) is 13.2. The highest BCUT2D eigenvalue weighted by molar-refractivity contribution is 7.99. The first-order valence-corrected chi connectivity index (χ1v) is 6.79.